The van der Waals surface area contributed by atoms with Crippen molar-refractivity contribution in [3.63, 3.8) is 0 Å². The zero-order valence-corrected chi connectivity index (χ0v) is 17.2. The molecule has 0 unspecified atom stereocenters. The van der Waals surface area contributed by atoms with Crippen LogP contribution in [0.15, 0.2) is 24.3 Å². The minimum atomic E-state index is -0.781. The molecular formula is C19H31ClN2O4. The van der Waals surface area contributed by atoms with E-state index in [2.05, 4.69) is 5.32 Å². The molecule has 6 nitrogen and oxygen atoms in total. The van der Waals surface area contributed by atoms with Crippen LogP contribution >= 0.6 is 12.4 Å². The molecule has 0 aromatic heterocycles. The minimum absolute atomic E-state index is 0. The van der Waals surface area contributed by atoms with Gasteiger partial charge in [0.25, 0.3) is 0 Å². The molecule has 0 fully saturated rings. The number of carbonyl (C=O) groups is 2. The lowest BCUT2D eigenvalue weighted by atomic mass is 10.0. The fraction of sp³-hybridized carbons (Fsp3) is 0.579. The Bertz CT molecular complexity index is 582. The highest BCUT2D eigenvalue weighted by atomic mass is 35.5. The first kappa shape index (κ1) is 24.2. The van der Waals surface area contributed by atoms with Gasteiger partial charge in [0.15, 0.2) is 0 Å². The zero-order valence-electron chi connectivity index (χ0n) is 16.4. The maximum atomic E-state index is 12.2. The van der Waals surface area contributed by atoms with Crippen LogP contribution in [0.3, 0.4) is 0 Å². The van der Waals surface area contributed by atoms with E-state index in [1.54, 1.807) is 0 Å². The Labute approximate surface area is 162 Å². The van der Waals surface area contributed by atoms with Gasteiger partial charge < -0.3 is 20.5 Å². The van der Waals surface area contributed by atoms with Crippen LogP contribution in [-0.2, 0) is 20.7 Å². The van der Waals surface area contributed by atoms with Crippen LogP contribution in [0, 0.1) is 5.92 Å². The number of nitrogens with two attached hydrogens (primary N) is 1. The van der Waals surface area contributed by atoms with Crippen LogP contribution in [0.1, 0.15) is 40.2 Å². The van der Waals surface area contributed by atoms with Crippen molar-refractivity contribution in [3.8, 4) is 5.75 Å². The van der Waals surface area contributed by atoms with Crippen LogP contribution in [0.5, 0.6) is 5.75 Å². The summed E-state index contributed by atoms with van der Waals surface area (Å²) < 4.78 is 10.6. The number of halogens is 1. The molecule has 1 amide bonds. The van der Waals surface area contributed by atoms with Crippen molar-refractivity contribution in [1.29, 1.82) is 0 Å². The lowest BCUT2D eigenvalue weighted by molar-refractivity contribution is -0.145. The Hall–Kier alpha value is -1.79. The number of methoxy groups -OCH3 is 1. The van der Waals surface area contributed by atoms with Gasteiger partial charge >= 0.3 is 5.97 Å². The van der Waals surface area contributed by atoms with E-state index in [-0.39, 0.29) is 29.8 Å². The summed E-state index contributed by atoms with van der Waals surface area (Å²) in [6, 6.07) is 5.97. The van der Waals surface area contributed by atoms with E-state index < -0.39 is 18.1 Å². The lowest BCUT2D eigenvalue weighted by Gasteiger charge is -2.22. The predicted molar refractivity (Wildman–Crippen MR) is 105 cm³/mol. The zero-order chi connectivity index (χ0) is 19.2. The highest BCUT2D eigenvalue weighted by molar-refractivity contribution is 5.87. The van der Waals surface area contributed by atoms with Gasteiger partial charge in [-0.25, -0.2) is 4.79 Å². The Morgan fingerprint density at radius 1 is 1.15 bits per heavy atom. The van der Waals surface area contributed by atoms with Gasteiger partial charge in [0, 0.05) is 6.42 Å². The number of benzene rings is 1. The monoisotopic (exact) mass is 386 g/mol. The molecule has 0 aliphatic carbocycles. The van der Waals surface area contributed by atoms with E-state index in [9.17, 15) is 9.59 Å². The van der Waals surface area contributed by atoms with Crippen LogP contribution in [0.4, 0.5) is 0 Å². The fourth-order valence-electron chi connectivity index (χ4n) is 2.19. The molecule has 148 valence electrons. The third-order valence-corrected chi connectivity index (χ3v) is 3.61. The van der Waals surface area contributed by atoms with Gasteiger partial charge in [-0.15, -0.1) is 12.4 Å². The van der Waals surface area contributed by atoms with Crippen LogP contribution in [0.25, 0.3) is 0 Å². The summed E-state index contributed by atoms with van der Waals surface area (Å²) in [6.45, 7) is 9.63. The minimum Gasteiger partial charge on any atom is -0.488 e. The average molecular weight is 387 g/mol. The van der Waals surface area contributed by atoms with Gasteiger partial charge in [-0.1, -0.05) is 26.0 Å². The molecule has 0 spiro atoms. The van der Waals surface area contributed by atoms with E-state index in [0.29, 0.717) is 6.42 Å². The Morgan fingerprint density at radius 2 is 1.69 bits per heavy atom. The first-order chi connectivity index (χ1) is 11.5. The number of hydrogen-bond acceptors (Lipinski definition) is 5. The highest BCUT2D eigenvalue weighted by Crippen LogP contribution is 2.19. The summed E-state index contributed by atoms with van der Waals surface area (Å²) in [4.78, 5) is 24.1. The number of carbonyl (C=O) groups excluding carboxylic acids is 2. The molecule has 0 aliphatic heterocycles. The summed E-state index contributed by atoms with van der Waals surface area (Å²) in [6.07, 6.45) is 0.318. The summed E-state index contributed by atoms with van der Waals surface area (Å²) >= 11 is 0. The summed E-state index contributed by atoms with van der Waals surface area (Å²) in [5.41, 5.74) is 6.44. The van der Waals surface area contributed by atoms with E-state index in [1.165, 1.54) is 7.11 Å². The quantitative estimate of drug-likeness (QED) is 0.702. The summed E-state index contributed by atoms with van der Waals surface area (Å²) in [7, 11) is 1.30. The molecule has 3 N–H and O–H groups in total. The SMILES string of the molecule is COC(=O)[C@H](Cc1ccc(OC(C)(C)C)cc1)NC(=O)[C@@H](N)C(C)C.Cl. The molecule has 0 bridgehead atoms. The Kier molecular flexibility index (Phi) is 9.67. The Balaban J connectivity index is 0.00000625. The number of rotatable bonds is 7. The molecule has 0 saturated carbocycles. The van der Waals surface area contributed by atoms with Crippen molar-refractivity contribution in [2.75, 3.05) is 7.11 Å². The predicted octanol–water partition coefficient (Wildman–Crippen LogP) is 2.47. The van der Waals surface area contributed by atoms with Gasteiger partial charge in [-0.2, -0.15) is 0 Å². The van der Waals surface area contributed by atoms with E-state index in [4.69, 9.17) is 15.2 Å². The first-order valence-corrected chi connectivity index (χ1v) is 8.45. The molecule has 7 heteroatoms. The Morgan fingerprint density at radius 3 is 2.12 bits per heavy atom. The fourth-order valence-corrected chi connectivity index (χ4v) is 2.19. The van der Waals surface area contributed by atoms with E-state index in [0.717, 1.165) is 11.3 Å². The first-order valence-electron chi connectivity index (χ1n) is 8.45. The molecule has 0 radical (unpaired) electrons. The van der Waals surface area contributed by atoms with E-state index >= 15 is 0 Å². The molecule has 1 aromatic rings. The van der Waals surface area contributed by atoms with Crippen LogP contribution in [0.2, 0.25) is 0 Å². The van der Waals surface area contributed by atoms with Gasteiger partial charge in [-0.05, 0) is 44.4 Å². The molecule has 2 atom stereocenters. The second-order valence-corrected chi connectivity index (χ2v) is 7.42. The molecule has 1 aromatic carbocycles. The van der Waals surface area contributed by atoms with Crippen molar-refractivity contribution in [2.45, 2.75) is 58.7 Å². The van der Waals surface area contributed by atoms with Crippen molar-refractivity contribution < 1.29 is 19.1 Å². The van der Waals surface area contributed by atoms with Gasteiger partial charge in [-0.3, -0.25) is 4.79 Å². The van der Waals surface area contributed by atoms with Crippen LogP contribution in [-0.4, -0.2) is 36.7 Å². The number of esters is 1. The van der Waals surface area contributed by atoms with Crippen molar-refractivity contribution in [2.24, 2.45) is 11.7 Å². The second kappa shape index (κ2) is 10.4. The number of hydrogen-bond donors (Lipinski definition) is 2. The van der Waals surface area contributed by atoms with Crippen molar-refractivity contribution in [3.05, 3.63) is 29.8 Å². The molecule has 0 saturated heterocycles. The molecule has 0 aliphatic rings. The molecule has 26 heavy (non-hydrogen) atoms. The largest absolute Gasteiger partial charge is 0.488 e. The maximum absolute atomic E-state index is 12.2. The topological polar surface area (TPSA) is 90.6 Å². The van der Waals surface area contributed by atoms with Gasteiger partial charge in [0.1, 0.15) is 17.4 Å². The van der Waals surface area contributed by atoms with E-state index in [1.807, 2.05) is 58.9 Å². The molecular weight excluding hydrogens is 356 g/mol. The van der Waals surface area contributed by atoms with Gasteiger partial charge in [0.2, 0.25) is 5.91 Å². The summed E-state index contributed by atoms with van der Waals surface area (Å²) in [5.74, 6) is -0.138. The normalized spacial score (nSPS) is 13.4. The maximum Gasteiger partial charge on any atom is 0.328 e. The average Bonchev–Trinajstić information content (AvgIpc) is 2.52. The number of ether oxygens (including phenoxy) is 2. The van der Waals surface area contributed by atoms with Crippen LogP contribution < -0.4 is 15.8 Å². The third-order valence-electron chi connectivity index (χ3n) is 3.61. The standard InChI is InChI=1S/C19H30N2O4.ClH/c1-12(2)16(20)17(22)21-15(18(23)24-6)11-13-7-9-14(10-8-13)25-19(3,4)5;/h7-10,12,15-16H,11,20H2,1-6H3,(H,21,22);1H/t15-,16-;/m0./s1. The number of nitrogens with one attached hydrogen (secondary N) is 1. The second-order valence-electron chi connectivity index (χ2n) is 7.42. The third kappa shape index (κ3) is 8.06. The van der Waals surface area contributed by atoms with Crippen molar-refractivity contribution in [1.82, 2.24) is 5.32 Å². The molecule has 0 heterocycles. The summed E-state index contributed by atoms with van der Waals surface area (Å²) in [5, 5.41) is 2.68. The lowest BCUT2D eigenvalue weighted by Crippen LogP contribution is -2.51. The highest BCUT2D eigenvalue weighted by Gasteiger charge is 2.26. The van der Waals surface area contributed by atoms with Crippen molar-refractivity contribution >= 4 is 24.3 Å². The van der Waals surface area contributed by atoms with Gasteiger partial charge in [0.05, 0.1) is 13.2 Å². The number of amides is 1. The smallest absolute Gasteiger partial charge is 0.328 e. The molecule has 1 rings (SSSR count).